The topological polar surface area (TPSA) is 132 Å². The fourth-order valence-electron chi connectivity index (χ4n) is 3.73. The van der Waals surface area contributed by atoms with E-state index in [0.29, 0.717) is 27.9 Å². The second-order valence-electron chi connectivity index (χ2n) is 7.76. The van der Waals surface area contributed by atoms with Gasteiger partial charge in [0.2, 0.25) is 0 Å². The summed E-state index contributed by atoms with van der Waals surface area (Å²) < 4.78 is 14.9. The molecule has 3 aromatic carbocycles. The van der Waals surface area contributed by atoms with Gasteiger partial charge in [-0.1, -0.05) is 18.2 Å². The van der Waals surface area contributed by atoms with Crippen LogP contribution in [-0.4, -0.2) is 41.8 Å². The summed E-state index contributed by atoms with van der Waals surface area (Å²) in [6.07, 6.45) is -0.0353. The summed E-state index contributed by atoms with van der Waals surface area (Å²) in [4.78, 5) is 38.0. The summed E-state index contributed by atoms with van der Waals surface area (Å²) in [7, 11) is 1.51. The van der Waals surface area contributed by atoms with Gasteiger partial charge in [-0.05, 0) is 76.9 Å². The van der Waals surface area contributed by atoms with Gasteiger partial charge in [0.25, 0.3) is 0 Å². The number of methoxy groups -OCH3 is 1. The van der Waals surface area contributed by atoms with E-state index in [2.05, 4.69) is 10.3 Å². The first kappa shape index (κ1) is 27.8. The van der Waals surface area contributed by atoms with E-state index in [4.69, 9.17) is 14.1 Å². The first-order valence-electron chi connectivity index (χ1n) is 11.0. The van der Waals surface area contributed by atoms with Crippen molar-refractivity contribution in [2.75, 3.05) is 13.7 Å². The molecule has 0 amide bonds. The number of nitrogens with zero attached hydrogens (tertiary/aromatic N) is 2. The second kappa shape index (κ2) is 12.4. The number of aliphatic carboxylic acids is 1. The summed E-state index contributed by atoms with van der Waals surface area (Å²) in [6.45, 7) is 1.95. The number of carboxylic acid groups (broad SMARTS) is 1. The molecule has 0 aliphatic rings. The number of rotatable bonds is 9. The van der Waals surface area contributed by atoms with Gasteiger partial charge in [0.1, 0.15) is 16.8 Å². The second-order valence-corrected chi connectivity index (χ2v) is 7.76. The van der Waals surface area contributed by atoms with Crippen LogP contribution in [0.3, 0.4) is 0 Å². The van der Waals surface area contributed by atoms with Crippen molar-refractivity contribution >= 4 is 34.3 Å². The average Bonchev–Trinajstić information content (AvgIpc) is 3.36. The molecule has 0 atom stereocenters. The number of allylic oxidation sites excluding steroid dienone is 1. The largest absolute Gasteiger partial charge is 1.00 e. The zero-order chi connectivity index (χ0) is 25.7. The van der Waals surface area contributed by atoms with Crippen molar-refractivity contribution in [2.45, 2.75) is 13.3 Å². The number of hydrogen-bond donors (Lipinski definition) is 0. The molecule has 4 aromatic rings. The van der Waals surface area contributed by atoms with Crippen LogP contribution in [0.5, 0.6) is 5.75 Å². The Hall–Kier alpha value is -3.79. The standard InChI is InChI=1S/C27H22N2O7.Na/c1-3-35-27(33)18-6-4-16(5-7-18)14-21(25(30)17-8-11-20(34-2)12-9-17)24(26(31)32)19-10-13-22-23(15-19)29-36-28-22;/h4-13,15H,3,14H2,1-2H3,(H,31,32);/q;+1/p-1/b24-21+;. The molecule has 4 rings (SSSR count). The van der Waals surface area contributed by atoms with Crippen molar-refractivity contribution < 1.29 is 63.2 Å². The molecular formula is C27H21N2NaO7. The van der Waals surface area contributed by atoms with E-state index in [9.17, 15) is 19.5 Å². The maximum Gasteiger partial charge on any atom is 1.00 e. The van der Waals surface area contributed by atoms with Crippen molar-refractivity contribution in [2.24, 2.45) is 0 Å². The number of ketones is 1. The van der Waals surface area contributed by atoms with Gasteiger partial charge >= 0.3 is 35.5 Å². The molecule has 0 fully saturated rings. The molecule has 1 heterocycles. The molecule has 10 heteroatoms. The number of aromatic nitrogens is 2. The molecule has 37 heavy (non-hydrogen) atoms. The van der Waals surface area contributed by atoms with E-state index in [0.717, 1.165) is 0 Å². The Labute approximate surface area is 234 Å². The first-order chi connectivity index (χ1) is 17.4. The Morgan fingerprint density at radius 2 is 1.49 bits per heavy atom. The monoisotopic (exact) mass is 508 g/mol. The number of hydrogen-bond acceptors (Lipinski definition) is 9. The van der Waals surface area contributed by atoms with Crippen LogP contribution in [0.15, 0.2) is 76.9 Å². The number of esters is 1. The Bertz CT molecular complexity index is 1460. The van der Waals surface area contributed by atoms with Crippen LogP contribution in [-0.2, 0) is 16.0 Å². The van der Waals surface area contributed by atoms with Gasteiger partial charge in [0.05, 0.1) is 25.2 Å². The Balaban J connectivity index is 0.00000380. The van der Waals surface area contributed by atoms with Crippen molar-refractivity contribution in [1.82, 2.24) is 10.3 Å². The van der Waals surface area contributed by atoms with E-state index < -0.39 is 17.7 Å². The van der Waals surface area contributed by atoms with Gasteiger partial charge < -0.3 is 19.4 Å². The summed E-state index contributed by atoms with van der Waals surface area (Å²) in [5.41, 5.74) is 1.94. The number of Topliss-reactive ketones (excluding diaryl/α,β-unsaturated/α-hetero) is 1. The number of carbonyl (C=O) groups is 3. The fourth-order valence-corrected chi connectivity index (χ4v) is 3.73. The van der Waals surface area contributed by atoms with E-state index in [-0.39, 0.29) is 64.9 Å². The molecule has 0 radical (unpaired) electrons. The van der Waals surface area contributed by atoms with Crippen molar-refractivity contribution in [3.8, 4) is 5.75 Å². The first-order valence-corrected chi connectivity index (χ1v) is 11.0. The molecule has 0 aliphatic carbocycles. The zero-order valence-electron chi connectivity index (χ0n) is 20.5. The van der Waals surface area contributed by atoms with Crippen LogP contribution in [0.4, 0.5) is 0 Å². The van der Waals surface area contributed by atoms with Gasteiger partial charge in [-0.2, -0.15) is 0 Å². The van der Waals surface area contributed by atoms with Crippen LogP contribution >= 0.6 is 0 Å². The normalized spacial score (nSPS) is 11.3. The molecule has 0 aliphatic heterocycles. The average molecular weight is 508 g/mol. The predicted octanol–water partition coefficient (Wildman–Crippen LogP) is 0.0412. The van der Waals surface area contributed by atoms with E-state index >= 15 is 0 Å². The molecule has 0 saturated heterocycles. The Kier molecular flexibility index (Phi) is 9.35. The van der Waals surface area contributed by atoms with E-state index in [1.54, 1.807) is 61.5 Å². The quantitative estimate of drug-likeness (QED) is 0.133. The maximum absolute atomic E-state index is 13.6. The number of carboxylic acids is 1. The van der Waals surface area contributed by atoms with Gasteiger partial charge in [-0.25, -0.2) is 9.42 Å². The third-order valence-corrected chi connectivity index (χ3v) is 5.52. The van der Waals surface area contributed by atoms with Gasteiger partial charge in [0.15, 0.2) is 5.78 Å². The maximum atomic E-state index is 13.6. The minimum absolute atomic E-state index is 0. The van der Waals surface area contributed by atoms with Gasteiger partial charge in [-0.3, -0.25) is 4.79 Å². The smallest absolute Gasteiger partial charge is 0.545 e. The summed E-state index contributed by atoms with van der Waals surface area (Å²) >= 11 is 0. The zero-order valence-corrected chi connectivity index (χ0v) is 22.5. The third kappa shape index (κ3) is 6.32. The summed E-state index contributed by atoms with van der Waals surface area (Å²) in [5, 5.41) is 19.9. The van der Waals surface area contributed by atoms with Crippen molar-refractivity contribution in [3.63, 3.8) is 0 Å². The fraction of sp³-hybridized carbons (Fsp3) is 0.148. The van der Waals surface area contributed by atoms with E-state index in [1.165, 1.54) is 19.2 Å². The molecule has 9 nitrogen and oxygen atoms in total. The van der Waals surface area contributed by atoms with Crippen molar-refractivity contribution in [1.29, 1.82) is 0 Å². The molecule has 0 saturated carbocycles. The molecular weight excluding hydrogens is 487 g/mol. The minimum Gasteiger partial charge on any atom is -0.545 e. The van der Waals surface area contributed by atoms with Crippen molar-refractivity contribution in [3.05, 3.63) is 94.6 Å². The van der Waals surface area contributed by atoms with Gasteiger partial charge in [0, 0.05) is 23.1 Å². The van der Waals surface area contributed by atoms with Crippen LogP contribution < -0.4 is 39.4 Å². The Morgan fingerprint density at radius 1 is 0.865 bits per heavy atom. The Morgan fingerprint density at radius 3 is 2.11 bits per heavy atom. The number of fused-ring (bicyclic) bond motifs is 1. The molecule has 182 valence electrons. The molecule has 0 N–H and O–H groups in total. The van der Waals surface area contributed by atoms with Crippen LogP contribution in [0, 0.1) is 0 Å². The molecule has 0 unspecified atom stereocenters. The number of carbonyl (C=O) groups excluding carboxylic acids is 3. The predicted molar refractivity (Wildman–Crippen MR) is 127 cm³/mol. The van der Waals surface area contributed by atoms with Gasteiger partial charge in [-0.15, -0.1) is 0 Å². The third-order valence-electron chi connectivity index (χ3n) is 5.52. The number of benzene rings is 3. The van der Waals surface area contributed by atoms with E-state index in [1.807, 2.05) is 0 Å². The molecule has 0 bridgehead atoms. The van der Waals surface area contributed by atoms with Crippen LogP contribution in [0.25, 0.3) is 16.6 Å². The summed E-state index contributed by atoms with van der Waals surface area (Å²) in [6, 6.07) is 17.3. The summed E-state index contributed by atoms with van der Waals surface area (Å²) in [5.74, 6) is -1.94. The minimum atomic E-state index is -1.52. The van der Waals surface area contributed by atoms with Crippen LogP contribution in [0.1, 0.15) is 38.8 Å². The molecule has 0 spiro atoms. The van der Waals surface area contributed by atoms with Crippen LogP contribution in [0.2, 0.25) is 0 Å². The molecule has 1 aromatic heterocycles. The SMILES string of the molecule is CCOC(=O)c1ccc(C/C(C(=O)c2ccc(OC)cc2)=C(\C(=O)[O-])c2ccc3nonc3c2)cc1.[Na+]. The number of ether oxygens (including phenoxy) is 2.